The molecule has 1 saturated carbocycles. The molecule has 1 aliphatic carbocycles. The van der Waals surface area contributed by atoms with Crippen molar-refractivity contribution in [3.63, 3.8) is 0 Å². The van der Waals surface area contributed by atoms with Gasteiger partial charge in [-0.1, -0.05) is 44.7 Å². The fourth-order valence-corrected chi connectivity index (χ4v) is 5.15. The molecule has 3 aromatic rings. The molecule has 1 aliphatic rings. The largest absolute Gasteiger partial charge is 0.345 e. The van der Waals surface area contributed by atoms with Crippen LogP contribution >= 0.6 is 0 Å². The summed E-state index contributed by atoms with van der Waals surface area (Å²) in [6, 6.07) is 16.1. The number of hydrogen-bond acceptors (Lipinski definition) is 2. The predicted octanol–water partition coefficient (Wildman–Crippen LogP) is 6.42. The van der Waals surface area contributed by atoms with E-state index in [1.54, 1.807) is 17.0 Å². The molecule has 202 valence electrons. The van der Waals surface area contributed by atoms with E-state index in [2.05, 4.69) is 4.57 Å². The second-order valence-corrected chi connectivity index (χ2v) is 10.2. The highest BCUT2D eigenvalue weighted by Gasteiger charge is 2.29. The second kappa shape index (κ2) is 13.4. The molecule has 0 spiro atoms. The third-order valence-corrected chi connectivity index (χ3v) is 7.34. The maximum absolute atomic E-state index is 13.9. The van der Waals surface area contributed by atoms with Crippen LogP contribution in [0.3, 0.4) is 0 Å². The number of aromatic nitrogens is 1. The van der Waals surface area contributed by atoms with E-state index < -0.39 is 5.82 Å². The molecule has 0 radical (unpaired) electrons. The van der Waals surface area contributed by atoms with Crippen molar-refractivity contribution in [1.82, 2.24) is 14.4 Å². The van der Waals surface area contributed by atoms with Crippen LogP contribution in [0, 0.1) is 11.6 Å². The first-order valence-electron chi connectivity index (χ1n) is 13.7. The van der Waals surface area contributed by atoms with Gasteiger partial charge in [-0.05, 0) is 73.4 Å². The van der Waals surface area contributed by atoms with Gasteiger partial charge in [0.1, 0.15) is 18.2 Å². The molecular formula is C31H37F2N3O2. The number of carbonyl (C=O) groups excluding carboxylic acids is 2. The van der Waals surface area contributed by atoms with Gasteiger partial charge in [-0.3, -0.25) is 9.59 Å². The minimum absolute atomic E-state index is 0.00855. The highest BCUT2D eigenvalue weighted by molar-refractivity contribution is 5.96. The summed E-state index contributed by atoms with van der Waals surface area (Å²) in [7, 11) is 0. The van der Waals surface area contributed by atoms with Crippen molar-refractivity contribution in [2.24, 2.45) is 0 Å². The van der Waals surface area contributed by atoms with Crippen LogP contribution in [0.1, 0.15) is 73.5 Å². The van der Waals surface area contributed by atoms with Crippen molar-refractivity contribution < 1.29 is 18.4 Å². The lowest BCUT2D eigenvalue weighted by Crippen LogP contribution is -2.47. The molecule has 0 saturated heterocycles. The fraction of sp³-hybridized carbons (Fsp3) is 0.419. The summed E-state index contributed by atoms with van der Waals surface area (Å²) in [4.78, 5) is 30.7. The average Bonchev–Trinajstić information content (AvgIpc) is 3.37. The number of nitrogens with zero attached hydrogens (tertiary/aromatic N) is 3. The molecule has 5 nitrogen and oxygen atoms in total. The van der Waals surface area contributed by atoms with E-state index in [1.807, 2.05) is 30.2 Å². The maximum Gasteiger partial charge on any atom is 0.254 e. The zero-order valence-electron chi connectivity index (χ0n) is 22.1. The van der Waals surface area contributed by atoms with Gasteiger partial charge in [0.05, 0.1) is 6.54 Å². The Balaban J connectivity index is 1.54. The first-order valence-corrected chi connectivity index (χ1v) is 13.7. The van der Waals surface area contributed by atoms with Gasteiger partial charge in [0.15, 0.2) is 0 Å². The lowest BCUT2D eigenvalue weighted by atomic mass is 9.94. The average molecular weight is 522 g/mol. The topological polar surface area (TPSA) is 45.6 Å². The zero-order chi connectivity index (χ0) is 26.9. The first-order chi connectivity index (χ1) is 18.4. The Kier molecular flexibility index (Phi) is 9.68. The summed E-state index contributed by atoms with van der Waals surface area (Å²) < 4.78 is 28.9. The van der Waals surface area contributed by atoms with Gasteiger partial charge in [0.2, 0.25) is 5.91 Å². The Labute approximate surface area is 224 Å². The molecule has 0 aliphatic heterocycles. The van der Waals surface area contributed by atoms with Crippen LogP contribution in [0.25, 0.3) is 0 Å². The number of hydrogen-bond donors (Lipinski definition) is 0. The van der Waals surface area contributed by atoms with Gasteiger partial charge in [-0.15, -0.1) is 0 Å². The molecule has 1 heterocycles. The summed E-state index contributed by atoms with van der Waals surface area (Å²) in [6.07, 6.45) is 8.89. The Morgan fingerprint density at radius 1 is 0.921 bits per heavy atom. The van der Waals surface area contributed by atoms with E-state index in [0.717, 1.165) is 49.8 Å². The second-order valence-electron chi connectivity index (χ2n) is 10.2. The minimum Gasteiger partial charge on any atom is -0.345 e. The molecule has 4 rings (SSSR count). The molecule has 2 amide bonds. The molecule has 0 atom stereocenters. The maximum atomic E-state index is 13.9. The molecule has 38 heavy (non-hydrogen) atoms. The number of rotatable bonds is 11. The lowest BCUT2D eigenvalue weighted by molar-refractivity contribution is -0.135. The Hall–Kier alpha value is -3.48. The van der Waals surface area contributed by atoms with E-state index in [9.17, 15) is 18.4 Å². The third kappa shape index (κ3) is 7.30. The van der Waals surface area contributed by atoms with Crippen LogP contribution in [-0.2, 0) is 17.9 Å². The smallest absolute Gasteiger partial charge is 0.254 e. The van der Waals surface area contributed by atoms with Gasteiger partial charge < -0.3 is 14.4 Å². The summed E-state index contributed by atoms with van der Waals surface area (Å²) >= 11 is 0. The summed E-state index contributed by atoms with van der Waals surface area (Å²) in [5.41, 5.74) is 2.36. The van der Waals surface area contributed by atoms with Crippen LogP contribution in [0.15, 0.2) is 66.9 Å². The molecule has 0 bridgehead atoms. The fourth-order valence-electron chi connectivity index (χ4n) is 5.15. The van der Waals surface area contributed by atoms with E-state index in [1.165, 1.54) is 42.8 Å². The van der Waals surface area contributed by atoms with Gasteiger partial charge in [-0.25, -0.2) is 8.78 Å². The molecule has 0 unspecified atom stereocenters. The molecule has 1 aromatic heterocycles. The van der Waals surface area contributed by atoms with Gasteiger partial charge >= 0.3 is 0 Å². The summed E-state index contributed by atoms with van der Waals surface area (Å²) in [5.74, 6) is -0.990. The predicted molar refractivity (Wildman–Crippen MR) is 145 cm³/mol. The van der Waals surface area contributed by atoms with Crippen LogP contribution in [-0.4, -0.2) is 45.3 Å². The highest BCUT2D eigenvalue weighted by atomic mass is 19.1. The summed E-state index contributed by atoms with van der Waals surface area (Å²) in [5, 5.41) is 0. The minimum atomic E-state index is -0.398. The van der Waals surface area contributed by atoms with E-state index in [0.29, 0.717) is 25.2 Å². The van der Waals surface area contributed by atoms with Crippen LogP contribution in [0.4, 0.5) is 8.78 Å². The van der Waals surface area contributed by atoms with Gasteiger partial charge in [0, 0.05) is 36.6 Å². The Bertz CT molecular complexity index is 1180. The molecule has 1 fully saturated rings. The van der Waals surface area contributed by atoms with Gasteiger partial charge in [-0.2, -0.15) is 0 Å². The monoisotopic (exact) mass is 521 g/mol. The van der Waals surface area contributed by atoms with Gasteiger partial charge in [0.25, 0.3) is 5.91 Å². The quantitative estimate of drug-likeness (QED) is 0.292. The van der Waals surface area contributed by atoms with Crippen molar-refractivity contribution in [3.05, 3.63) is 95.3 Å². The van der Waals surface area contributed by atoms with Crippen molar-refractivity contribution in [1.29, 1.82) is 0 Å². The zero-order valence-corrected chi connectivity index (χ0v) is 22.1. The molecular weight excluding hydrogens is 484 g/mol. The van der Waals surface area contributed by atoms with E-state index >= 15 is 0 Å². The number of amides is 2. The van der Waals surface area contributed by atoms with E-state index in [4.69, 9.17) is 0 Å². The first kappa shape index (κ1) is 27.6. The molecule has 2 aromatic carbocycles. The Morgan fingerprint density at radius 2 is 1.58 bits per heavy atom. The van der Waals surface area contributed by atoms with Crippen molar-refractivity contribution in [2.45, 2.75) is 71.0 Å². The van der Waals surface area contributed by atoms with Crippen LogP contribution < -0.4 is 0 Å². The lowest BCUT2D eigenvalue weighted by Gasteiger charge is -2.36. The van der Waals surface area contributed by atoms with E-state index in [-0.39, 0.29) is 30.2 Å². The van der Waals surface area contributed by atoms with Crippen LogP contribution in [0.5, 0.6) is 0 Å². The van der Waals surface area contributed by atoms with Crippen molar-refractivity contribution >= 4 is 11.8 Å². The number of benzene rings is 2. The standard InChI is InChI=1S/C31H37F2N3O2/c1-2-3-19-35(31(38)25-13-17-27(33)18-14-25)23-30(37)36(28-8-5-4-6-9-28)22-29-10-7-20-34(29)21-24-11-15-26(32)16-12-24/h7,10-18,20,28H,2-6,8-9,19,21-23H2,1H3. The summed E-state index contributed by atoms with van der Waals surface area (Å²) in [6.45, 7) is 3.54. The van der Waals surface area contributed by atoms with Crippen molar-refractivity contribution in [2.75, 3.05) is 13.1 Å². The number of carbonyl (C=O) groups is 2. The Morgan fingerprint density at radius 3 is 2.24 bits per heavy atom. The number of halogens is 2. The third-order valence-electron chi connectivity index (χ3n) is 7.34. The highest BCUT2D eigenvalue weighted by Crippen LogP contribution is 2.25. The normalized spacial score (nSPS) is 13.9. The van der Waals surface area contributed by atoms with Crippen molar-refractivity contribution in [3.8, 4) is 0 Å². The molecule has 7 heteroatoms. The SMILES string of the molecule is CCCCN(CC(=O)N(Cc1cccn1Cc1ccc(F)cc1)C1CCCCC1)C(=O)c1ccc(F)cc1. The number of unbranched alkanes of at least 4 members (excludes halogenated alkanes) is 1. The molecule has 0 N–H and O–H groups in total. The van der Waals surface area contributed by atoms with Crippen LogP contribution in [0.2, 0.25) is 0 Å².